The van der Waals surface area contributed by atoms with E-state index < -0.39 is 11.9 Å². The molecule has 5 nitrogen and oxygen atoms in total. The highest BCUT2D eigenvalue weighted by molar-refractivity contribution is 5.99. The van der Waals surface area contributed by atoms with E-state index in [9.17, 15) is 9.59 Å². The van der Waals surface area contributed by atoms with Gasteiger partial charge in [0, 0.05) is 11.6 Å². The van der Waals surface area contributed by atoms with E-state index in [0.717, 1.165) is 17.7 Å². The van der Waals surface area contributed by atoms with Crippen molar-refractivity contribution in [2.24, 2.45) is 5.92 Å². The van der Waals surface area contributed by atoms with E-state index in [0.29, 0.717) is 18.4 Å². The first-order valence-electron chi connectivity index (χ1n) is 7.11. The third kappa shape index (κ3) is 2.77. The Morgan fingerprint density at radius 2 is 2.05 bits per heavy atom. The van der Waals surface area contributed by atoms with E-state index in [1.807, 2.05) is 24.3 Å². The molecule has 1 aliphatic heterocycles. The molecule has 1 heterocycles. The molecule has 3 rings (SSSR count). The number of rotatable bonds is 3. The van der Waals surface area contributed by atoms with Crippen LogP contribution in [-0.4, -0.2) is 29.6 Å². The third-order valence-electron chi connectivity index (χ3n) is 4.07. The number of hydrogen-bond acceptors (Lipinski definition) is 3. The van der Waals surface area contributed by atoms with Crippen LogP contribution in [0.4, 0.5) is 0 Å². The molecular weight excluding hydrogens is 270 g/mol. The Morgan fingerprint density at radius 1 is 1.24 bits per heavy atom. The average molecular weight is 287 g/mol. The van der Waals surface area contributed by atoms with Crippen molar-refractivity contribution < 1.29 is 19.4 Å². The van der Waals surface area contributed by atoms with Crippen LogP contribution in [0.1, 0.15) is 24.8 Å². The Hall–Kier alpha value is -2.30. The van der Waals surface area contributed by atoms with Crippen LogP contribution in [0.3, 0.4) is 0 Å². The van der Waals surface area contributed by atoms with Crippen molar-refractivity contribution in [2.45, 2.75) is 25.3 Å². The van der Waals surface area contributed by atoms with Crippen LogP contribution in [0.25, 0.3) is 6.08 Å². The SMILES string of the molecule is O=C(N[C@H]1CCC[C@H]1C(=O)O)C1=Cc2ccccc2OC1. The number of carboxylic acids is 1. The van der Waals surface area contributed by atoms with Gasteiger partial charge in [-0.3, -0.25) is 9.59 Å². The Kier molecular flexibility index (Phi) is 3.64. The normalized spacial score (nSPS) is 23.7. The van der Waals surface area contributed by atoms with Gasteiger partial charge in [-0.05, 0) is 25.0 Å². The highest BCUT2D eigenvalue weighted by atomic mass is 16.5. The molecule has 1 saturated carbocycles. The van der Waals surface area contributed by atoms with Gasteiger partial charge in [-0.25, -0.2) is 0 Å². The number of aliphatic carboxylic acids is 1. The summed E-state index contributed by atoms with van der Waals surface area (Å²) in [6.45, 7) is 0.216. The molecule has 2 N–H and O–H groups in total. The minimum Gasteiger partial charge on any atom is -0.488 e. The summed E-state index contributed by atoms with van der Waals surface area (Å²) < 4.78 is 5.55. The van der Waals surface area contributed by atoms with Crippen LogP contribution < -0.4 is 10.1 Å². The van der Waals surface area contributed by atoms with E-state index in [2.05, 4.69) is 5.32 Å². The highest BCUT2D eigenvalue weighted by Gasteiger charge is 2.34. The van der Waals surface area contributed by atoms with Gasteiger partial charge in [-0.15, -0.1) is 0 Å². The van der Waals surface area contributed by atoms with Crippen molar-refractivity contribution in [3.63, 3.8) is 0 Å². The summed E-state index contributed by atoms with van der Waals surface area (Å²) in [5.74, 6) is -0.788. The Balaban J connectivity index is 1.72. The van der Waals surface area contributed by atoms with Gasteiger partial charge in [0.15, 0.2) is 0 Å². The molecule has 0 bridgehead atoms. The Labute approximate surface area is 122 Å². The fourth-order valence-corrected chi connectivity index (χ4v) is 2.94. The fraction of sp³-hybridized carbons (Fsp3) is 0.375. The van der Waals surface area contributed by atoms with Gasteiger partial charge in [-0.1, -0.05) is 24.6 Å². The number of ether oxygens (including phenoxy) is 1. The first kappa shape index (κ1) is 13.7. The van der Waals surface area contributed by atoms with E-state index in [4.69, 9.17) is 9.84 Å². The van der Waals surface area contributed by atoms with Crippen LogP contribution in [0.15, 0.2) is 29.8 Å². The molecule has 0 unspecified atom stereocenters. The number of hydrogen-bond donors (Lipinski definition) is 2. The molecule has 1 aromatic carbocycles. The molecule has 1 fully saturated rings. The molecule has 21 heavy (non-hydrogen) atoms. The molecule has 5 heteroatoms. The Morgan fingerprint density at radius 3 is 2.86 bits per heavy atom. The number of carbonyl (C=O) groups is 2. The minimum atomic E-state index is -0.836. The molecule has 0 aromatic heterocycles. The number of nitrogens with one attached hydrogen (secondary N) is 1. The quantitative estimate of drug-likeness (QED) is 0.889. The van der Waals surface area contributed by atoms with Crippen molar-refractivity contribution in [1.82, 2.24) is 5.32 Å². The molecule has 0 spiro atoms. The second-order valence-corrected chi connectivity index (χ2v) is 5.45. The summed E-state index contributed by atoms with van der Waals surface area (Å²) in [5.41, 5.74) is 1.40. The van der Waals surface area contributed by atoms with E-state index in [1.54, 1.807) is 6.08 Å². The van der Waals surface area contributed by atoms with Crippen LogP contribution in [0.5, 0.6) is 5.75 Å². The predicted octanol–water partition coefficient (Wildman–Crippen LogP) is 1.83. The summed E-state index contributed by atoms with van der Waals surface area (Å²) in [6.07, 6.45) is 3.98. The van der Waals surface area contributed by atoms with Gasteiger partial charge in [0.2, 0.25) is 0 Å². The van der Waals surface area contributed by atoms with Crippen molar-refractivity contribution in [3.05, 3.63) is 35.4 Å². The molecule has 1 aromatic rings. The van der Waals surface area contributed by atoms with Crippen LogP contribution in [0, 0.1) is 5.92 Å². The van der Waals surface area contributed by atoms with Crippen molar-refractivity contribution >= 4 is 18.0 Å². The maximum atomic E-state index is 12.3. The van der Waals surface area contributed by atoms with E-state index >= 15 is 0 Å². The van der Waals surface area contributed by atoms with Gasteiger partial charge < -0.3 is 15.2 Å². The summed E-state index contributed by atoms with van der Waals surface area (Å²) in [7, 11) is 0. The summed E-state index contributed by atoms with van der Waals surface area (Å²) >= 11 is 0. The summed E-state index contributed by atoms with van der Waals surface area (Å²) in [5, 5.41) is 12.0. The standard InChI is InChI=1S/C16H17NO4/c18-15(17-13-6-3-5-12(13)16(19)20)11-8-10-4-1-2-7-14(10)21-9-11/h1-2,4,7-8,12-13H,3,5-6,9H2,(H,17,18)(H,19,20)/t12-,13+/m1/s1. The van der Waals surface area contributed by atoms with Gasteiger partial charge in [-0.2, -0.15) is 0 Å². The predicted molar refractivity (Wildman–Crippen MR) is 76.8 cm³/mol. The average Bonchev–Trinajstić information content (AvgIpc) is 2.95. The summed E-state index contributed by atoms with van der Waals surface area (Å²) in [6, 6.07) is 7.23. The third-order valence-corrected chi connectivity index (χ3v) is 4.07. The van der Waals surface area contributed by atoms with Crippen molar-refractivity contribution in [3.8, 4) is 5.75 Å². The Bertz CT molecular complexity index is 608. The first-order valence-corrected chi connectivity index (χ1v) is 7.11. The topological polar surface area (TPSA) is 75.6 Å². The highest BCUT2D eigenvalue weighted by Crippen LogP contribution is 2.28. The molecule has 1 amide bonds. The molecule has 2 atom stereocenters. The number of para-hydroxylation sites is 1. The lowest BCUT2D eigenvalue weighted by Crippen LogP contribution is -2.41. The van der Waals surface area contributed by atoms with Gasteiger partial charge in [0.05, 0.1) is 11.5 Å². The number of carboxylic acid groups (broad SMARTS) is 1. The van der Waals surface area contributed by atoms with Crippen LogP contribution >= 0.6 is 0 Å². The largest absolute Gasteiger partial charge is 0.488 e. The molecular formula is C16H17NO4. The van der Waals surface area contributed by atoms with Gasteiger partial charge in [0.1, 0.15) is 12.4 Å². The zero-order valence-electron chi connectivity index (χ0n) is 11.5. The monoisotopic (exact) mass is 287 g/mol. The zero-order valence-corrected chi connectivity index (χ0v) is 11.5. The number of fused-ring (bicyclic) bond motifs is 1. The number of carbonyl (C=O) groups excluding carboxylic acids is 1. The van der Waals surface area contributed by atoms with Gasteiger partial charge in [0.25, 0.3) is 5.91 Å². The van der Waals surface area contributed by atoms with Crippen molar-refractivity contribution in [2.75, 3.05) is 6.61 Å². The molecule has 1 aliphatic carbocycles. The number of benzene rings is 1. The lowest BCUT2D eigenvalue weighted by atomic mass is 10.0. The van der Waals surface area contributed by atoms with Gasteiger partial charge >= 0.3 is 5.97 Å². The lowest BCUT2D eigenvalue weighted by molar-refractivity contribution is -0.142. The molecule has 0 radical (unpaired) electrons. The fourth-order valence-electron chi connectivity index (χ4n) is 2.94. The lowest BCUT2D eigenvalue weighted by Gasteiger charge is -2.21. The second-order valence-electron chi connectivity index (χ2n) is 5.45. The maximum absolute atomic E-state index is 12.3. The van der Waals surface area contributed by atoms with Crippen LogP contribution in [0.2, 0.25) is 0 Å². The first-order chi connectivity index (χ1) is 10.1. The number of amides is 1. The maximum Gasteiger partial charge on any atom is 0.308 e. The smallest absolute Gasteiger partial charge is 0.308 e. The molecule has 0 saturated heterocycles. The van der Waals surface area contributed by atoms with Crippen LogP contribution in [-0.2, 0) is 9.59 Å². The summed E-state index contributed by atoms with van der Waals surface area (Å²) in [4.78, 5) is 23.4. The van der Waals surface area contributed by atoms with E-state index in [-0.39, 0.29) is 18.6 Å². The van der Waals surface area contributed by atoms with E-state index in [1.165, 1.54) is 0 Å². The van der Waals surface area contributed by atoms with Crippen molar-refractivity contribution in [1.29, 1.82) is 0 Å². The zero-order chi connectivity index (χ0) is 14.8. The second kappa shape index (κ2) is 5.60. The minimum absolute atomic E-state index is 0.216. The molecule has 110 valence electrons. The molecule has 2 aliphatic rings.